The smallest absolute Gasteiger partial charge is 0.277 e. The molecule has 1 aliphatic rings. The van der Waals surface area contributed by atoms with E-state index in [1.807, 2.05) is 22.3 Å². The summed E-state index contributed by atoms with van der Waals surface area (Å²) in [4.78, 5) is 16.9. The Morgan fingerprint density at radius 3 is 2.60 bits per heavy atom. The summed E-state index contributed by atoms with van der Waals surface area (Å²) in [5.74, 6) is 1.12. The summed E-state index contributed by atoms with van der Waals surface area (Å²) in [5, 5.41) is 2.04. The molecular weight excluding hydrogens is 314 g/mol. The molecular formula is C20H28N3O2+. The molecule has 5 nitrogen and oxygen atoms in total. The summed E-state index contributed by atoms with van der Waals surface area (Å²) in [5.41, 5.74) is 3.95. The minimum Gasteiger partial charge on any atom is -0.463 e. The lowest BCUT2D eigenvalue weighted by Gasteiger charge is -2.36. The molecule has 2 aromatic rings. The number of anilines is 1. The van der Waals surface area contributed by atoms with Gasteiger partial charge >= 0.3 is 0 Å². The van der Waals surface area contributed by atoms with Gasteiger partial charge in [0.25, 0.3) is 5.91 Å². The van der Waals surface area contributed by atoms with E-state index in [9.17, 15) is 4.79 Å². The van der Waals surface area contributed by atoms with Gasteiger partial charge in [-0.25, -0.2) is 0 Å². The van der Waals surface area contributed by atoms with E-state index < -0.39 is 0 Å². The summed E-state index contributed by atoms with van der Waals surface area (Å²) >= 11 is 0. The number of quaternary nitrogens is 1. The molecule has 134 valence electrons. The summed E-state index contributed by atoms with van der Waals surface area (Å²) in [6, 6.07) is 10.4. The van der Waals surface area contributed by atoms with E-state index in [1.54, 1.807) is 6.26 Å². The number of rotatable bonds is 5. The van der Waals surface area contributed by atoms with Gasteiger partial charge in [0.2, 0.25) is 0 Å². The van der Waals surface area contributed by atoms with Crippen LogP contribution in [0.25, 0.3) is 0 Å². The van der Waals surface area contributed by atoms with Crippen molar-refractivity contribution in [3.8, 4) is 0 Å². The zero-order chi connectivity index (χ0) is 17.8. The zero-order valence-electron chi connectivity index (χ0n) is 15.4. The number of aryl methyl sites for hydroxylation is 1. The largest absolute Gasteiger partial charge is 0.463 e. The molecule has 2 heterocycles. The Morgan fingerprint density at radius 2 is 1.92 bits per heavy atom. The van der Waals surface area contributed by atoms with E-state index in [4.69, 9.17) is 4.42 Å². The van der Waals surface area contributed by atoms with E-state index in [0.717, 1.165) is 31.9 Å². The van der Waals surface area contributed by atoms with Crippen molar-refractivity contribution in [2.24, 2.45) is 0 Å². The van der Waals surface area contributed by atoms with Crippen molar-refractivity contribution >= 4 is 11.6 Å². The third-order valence-corrected chi connectivity index (χ3v) is 5.19. The maximum atomic E-state index is 12.5. The minimum absolute atomic E-state index is 0.162. The Hall–Kier alpha value is -2.27. The first-order valence-electron chi connectivity index (χ1n) is 9.02. The van der Waals surface area contributed by atoms with Crippen LogP contribution >= 0.6 is 0 Å². The summed E-state index contributed by atoms with van der Waals surface area (Å²) in [6.45, 7) is 10.2. The first kappa shape index (κ1) is 17.5. The number of hydrogen-bond donors (Lipinski definition) is 1. The maximum Gasteiger partial charge on any atom is 0.277 e. The number of piperazine rings is 1. The Labute approximate surface area is 149 Å². The van der Waals surface area contributed by atoms with Crippen molar-refractivity contribution in [3.05, 3.63) is 53.5 Å². The molecule has 1 amide bonds. The monoisotopic (exact) mass is 342 g/mol. The second kappa shape index (κ2) is 7.74. The second-order valence-corrected chi connectivity index (χ2v) is 6.83. The van der Waals surface area contributed by atoms with Crippen LogP contribution in [0, 0.1) is 13.8 Å². The molecule has 3 rings (SSSR count). The van der Waals surface area contributed by atoms with Gasteiger partial charge < -0.3 is 19.5 Å². The van der Waals surface area contributed by atoms with Gasteiger partial charge in [-0.2, -0.15) is 0 Å². The number of amides is 1. The van der Waals surface area contributed by atoms with Gasteiger partial charge in [0.1, 0.15) is 6.04 Å². The van der Waals surface area contributed by atoms with E-state index in [2.05, 4.69) is 43.9 Å². The number of nitrogens with two attached hydrogens (primary N) is 1. The molecule has 1 atom stereocenters. The lowest BCUT2D eigenvalue weighted by atomic mass is 10.1. The number of nitrogens with zero attached hydrogens (tertiary/aromatic N) is 2. The van der Waals surface area contributed by atoms with Crippen LogP contribution in [0.3, 0.4) is 0 Å². The molecule has 0 radical (unpaired) electrons. The van der Waals surface area contributed by atoms with Gasteiger partial charge in [0.15, 0.2) is 12.3 Å². The van der Waals surface area contributed by atoms with Crippen LogP contribution in [0.4, 0.5) is 5.69 Å². The fraction of sp³-hybridized carbons (Fsp3) is 0.450. The summed E-state index contributed by atoms with van der Waals surface area (Å²) in [6.07, 6.45) is 1.67. The first-order chi connectivity index (χ1) is 12.1. The molecule has 0 saturated carbocycles. The highest BCUT2D eigenvalue weighted by Crippen LogP contribution is 2.23. The van der Waals surface area contributed by atoms with Crippen LogP contribution in [0.15, 0.2) is 41.0 Å². The standard InChI is InChI=1S/C20H27N3O2/c1-15-6-4-7-18(16(15)2)22-9-11-23(12-10-22)20(24)14-21-17(3)19-8-5-13-25-19/h4-8,13,17,21H,9-12,14H2,1-3H3/p+1/t17-/m0/s1. The van der Waals surface area contributed by atoms with Gasteiger partial charge in [-0.3, -0.25) is 4.79 Å². The first-order valence-corrected chi connectivity index (χ1v) is 9.02. The third-order valence-electron chi connectivity index (χ3n) is 5.19. The Morgan fingerprint density at radius 1 is 1.16 bits per heavy atom. The van der Waals surface area contributed by atoms with Crippen LogP contribution in [0.1, 0.15) is 29.9 Å². The molecule has 1 saturated heterocycles. The van der Waals surface area contributed by atoms with Crippen LogP contribution in [-0.2, 0) is 4.79 Å². The van der Waals surface area contributed by atoms with Crippen LogP contribution in [0.2, 0.25) is 0 Å². The van der Waals surface area contributed by atoms with Crippen molar-refractivity contribution < 1.29 is 14.5 Å². The quantitative estimate of drug-likeness (QED) is 0.902. The topological polar surface area (TPSA) is 53.3 Å². The number of hydrogen-bond acceptors (Lipinski definition) is 3. The molecule has 1 aliphatic heterocycles. The van der Waals surface area contributed by atoms with Crippen LogP contribution < -0.4 is 10.2 Å². The lowest BCUT2D eigenvalue weighted by Crippen LogP contribution is -2.87. The normalized spacial score (nSPS) is 16.1. The third kappa shape index (κ3) is 4.04. The molecule has 2 N–H and O–H groups in total. The van der Waals surface area contributed by atoms with E-state index >= 15 is 0 Å². The minimum atomic E-state index is 0.162. The van der Waals surface area contributed by atoms with Crippen LogP contribution in [0.5, 0.6) is 0 Å². The van der Waals surface area contributed by atoms with E-state index in [-0.39, 0.29) is 11.9 Å². The predicted molar refractivity (Wildman–Crippen MR) is 98.6 cm³/mol. The Balaban J connectivity index is 1.50. The Bertz CT molecular complexity index is 704. The summed E-state index contributed by atoms with van der Waals surface area (Å²) < 4.78 is 5.39. The lowest BCUT2D eigenvalue weighted by molar-refractivity contribution is -0.685. The molecule has 0 unspecified atom stereocenters. The van der Waals surface area contributed by atoms with Gasteiger partial charge in [-0.05, 0) is 50.1 Å². The number of benzene rings is 1. The molecule has 0 aliphatic carbocycles. The number of carbonyl (C=O) groups is 1. The van der Waals surface area contributed by atoms with E-state index in [1.165, 1.54) is 16.8 Å². The van der Waals surface area contributed by atoms with Crippen molar-refractivity contribution in [3.63, 3.8) is 0 Å². The summed E-state index contributed by atoms with van der Waals surface area (Å²) in [7, 11) is 0. The average molecular weight is 342 g/mol. The zero-order valence-corrected chi connectivity index (χ0v) is 15.4. The molecule has 0 spiro atoms. The molecule has 1 aromatic carbocycles. The van der Waals surface area contributed by atoms with Crippen molar-refractivity contribution in [1.82, 2.24) is 4.90 Å². The SMILES string of the molecule is Cc1cccc(N2CCN(C(=O)C[NH2+][C@@H](C)c3ccco3)CC2)c1C. The highest BCUT2D eigenvalue weighted by molar-refractivity contribution is 5.77. The van der Waals surface area contributed by atoms with Gasteiger partial charge in [-0.1, -0.05) is 12.1 Å². The fourth-order valence-electron chi connectivity index (χ4n) is 3.35. The molecule has 0 bridgehead atoms. The molecule has 1 fully saturated rings. The molecule has 25 heavy (non-hydrogen) atoms. The van der Waals surface area contributed by atoms with Crippen molar-refractivity contribution in [2.45, 2.75) is 26.8 Å². The van der Waals surface area contributed by atoms with E-state index in [0.29, 0.717) is 6.54 Å². The predicted octanol–water partition coefficient (Wildman–Crippen LogP) is 1.87. The highest BCUT2D eigenvalue weighted by Gasteiger charge is 2.24. The second-order valence-electron chi connectivity index (χ2n) is 6.83. The fourth-order valence-corrected chi connectivity index (χ4v) is 3.35. The van der Waals surface area contributed by atoms with Gasteiger partial charge in [-0.15, -0.1) is 0 Å². The molecule has 5 heteroatoms. The number of furan rings is 1. The highest BCUT2D eigenvalue weighted by atomic mass is 16.3. The number of carbonyl (C=O) groups excluding carboxylic acids is 1. The maximum absolute atomic E-state index is 12.5. The van der Waals surface area contributed by atoms with Crippen molar-refractivity contribution in [1.29, 1.82) is 0 Å². The van der Waals surface area contributed by atoms with Crippen molar-refractivity contribution in [2.75, 3.05) is 37.6 Å². The van der Waals surface area contributed by atoms with Gasteiger partial charge in [0, 0.05) is 31.9 Å². The average Bonchev–Trinajstić information content (AvgIpc) is 3.17. The van der Waals surface area contributed by atoms with Crippen LogP contribution in [-0.4, -0.2) is 43.5 Å². The molecule has 1 aromatic heterocycles. The Kier molecular flexibility index (Phi) is 5.43. The van der Waals surface area contributed by atoms with Gasteiger partial charge in [0.05, 0.1) is 6.26 Å².